The van der Waals surface area contributed by atoms with Crippen LogP contribution in [0.2, 0.25) is 0 Å². The number of nitrogens with one attached hydrogen (secondary N) is 1. The summed E-state index contributed by atoms with van der Waals surface area (Å²) in [6.07, 6.45) is -3.33. The van der Waals surface area contributed by atoms with Gasteiger partial charge in [0.2, 0.25) is 0 Å². The molecule has 0 unspecified atom stereocenters. The Hall–Kier alpha value is -3.41. The van der Waals surface area contributed by atoms with E-state index in [0.29, 0.717) is 37.6 Å². The zero-order chi connectivity index (χ0) is 23.8. The van der Waals surface area contributed by atoms with Crippen molar-refractivity contribution in [2.45, 2.75) is 12.8 Å². The third-order valence-electron chi connectivity index (χ3n) is 4.53. The minimum Gasteiger partial charge on any atom is -0.435 e. The number of morpholine rings is 1. The van der Waals surface area contributed by atoms with Crippen molar-refractivity contribution < 1.29 is 41.1 Å². The van der Waals surface area contributed by atoms with Crippen LogP contribution in [-0.4, -0.2) is 51.6 Å². The molecule has 1 aliphatic heterocycles. The van der Waals surface area contributed by atoms with Crippen LogP contribution >= 0.6 is 0 Å². The van der Waals surface area contributed by atoms with Gasteiger partial charge in [-0.25, -0.2) is 0 Å². The standard InChI is InChI=1S/C21H20F5N3O4/c22-20(23)33-16-4-1-14(2-5-16)12-27-32-13-19(30)28-17-11-15(21(24,25)26)3-6-18(17)29-7-9-31-10-8-29/h1-6,11-12,20H,7-10,13H2,(H,28,30)/b27-12+. The highest BCUT2D eigenvalue weighted by Crippen LogP contribution is 2.35. The number of hydrogen-bond donors (Lipinski definition) is 1. The minimum atomic E-state index is -4.57. The Morgan fingerprint density at radius 1 is 1.15 bits per heavy atom. The summed E-state index contributed by atoms with van der Waals surface area (Å²) >= 11 is 0. The van der Waals surface area contributed by atoms with Gasteiger partial charge in [0, 0.05) is 13.1 Å². The molecule has 7 nitrogen and oxygen atoms in total. The van der Waals surface area contributed by atoms with Crippen LogP contribution in [0.25, 0.3) is 0 Å². The second-order valence-electron chi connectivity index (χ2n) is 6.83. The first kappa shape index (κ1) is 24.2. The van der Waals surface area contributed by atoms with Gasteiger partial charge in [-0.3, -0.25) is 4.79 Å². The van der Waals surface area contributed by atoms with Gasteiger partial charge >= 0.3 is 12.8 Å². The third-order valence-corrected chi connectivity index (χ3v) is 4.53. The smallest absolute Gasteiger partial charge is 0.416 e. The quantitative estimate of drug-likeness (QED) is 0.355. The van der Waals surface area contributed by atoms with E-state index in [-0.39, 0.29) is 11.4 Å². The van der Waals surface area contributed by atoms with E-state index in [1.165, 1.54) is 36.5 Å². The lowest BCUT2D eigenvalue weighted by Gasteiger charge is -2.31. The van der Waals surface area contributed by atoms with Crippen molar-refractivity contribution in [1.29, 1.82) is 0 Å². The molecule has 33 heavy (non-hydrogen) atoms. The Balaban J connectivity index is 1.61. The Labute approximate surface area is 185 Å². The number of rotatable bonds is 8. The highest BCUT2D eigenvalue weighted by Gasteiger charge is 2.32. The lowest BCUT2D eigenvalue weighted by molar-refractivity contribution is -0.137. The molecule has 0 spiro atoms. The number of alkyl halides is 5. The van der Waals surface area contributed by atoms with Gasteiger partial charge in [-0.05, 0) is 48.0 Å². The number of amides is 1. The lowest BCUT2D eigenvalue weighted by atomic mass is 10.1. The molecule has 0 aliphatic carbocycles. The molecule has 1 amide bonds. The van der Waals surface area contributed by atoms with E-state index in [9.17, 15) is 26.7 Å². The molecular weight excluding hydrogens is 453 g/mol. The van der Waals surface area contributed by atoms with Gasteiger partial charge < -0.3 is 24.5 Å². The molecule has 0 aromatic heterocycles. The average Bonchev–Trinajstić information content (AvgIpc) is 2.77. The molecule has 1 saturated heterocycles. The van der Waals surface area contributed by atoms with Crippen LogP contribution in [0.15, 0.2) is 47.6 Å². The van der Waals surface area contributed by atoms with Crippen molar-refractivity contribution >= 4 is 23.5 Å². The Morgan fingerprint density at radius 2 is 1.85 bits per heavy atom. The van der Waals surface area contributed by atoms with Crippen LogP contribution in [0.3, 0.4) is 0 Å². The predicted octanol–water partition coefficient (Wildman–Crippen LogP) is 4.13. The molecule has 1 N–H and O–H groups in total. The second-order valence-corrected chi connectivity index (χ2v) is 6.83. The number of carbonyl (C=O) groups is 1. The molecular formula is C21H20F5N3O4. The molecule has 2 aromatic rings. The normalized spacial score (nSPS) is 14.5. The van der Waals surface area contributed by atoms with Crippen molar-refractivity contribution in [1.82, 2.24) is 0 Å². The first-order chi connectivity index (χ1) is 15.7. The summed E-state index contributed by atoms with van der Waals surface area (Å²) in [6, 6.07) is 8.64. The van der Waals surface area contributed by atoms with E-state index < -0.39 is 30.9 Å². The molecule has 0 radical (unpaired) electrons. The van der Waals surface area contributed by atoms with Crippen molar-refractivity contribution in [3.63, 3.8) is 0 Å². The van der Waals surface area contributed by atoms with E-state index >= 15 is 0 Å². The fraction of sp³-hybridized carbons (Fsp3) is 0.333. The Bertz CT molecular complexity index is 961. The summed E-state index contributed by atoms with van der Waals surface area (Å²) in [5.41, 5.74) is 0.0331. The van der Waals surface area contributed by atoms with Crippen molar-refractivity contribution in [2.24, 2.45) is 5.16 Å². The molecule has 1 aliphatic rings. The van der Waals surface area contributed by atoms with Crippen LogP contribution in [0.5, 0.6) is 5.75 Å². The highest BCUT2D eigenvalue weighted by molar-refractivity contribution is 5.95. The summed E-state index contributed by atoms with van der Waals surface area (Å²) in [5, 5.41) is 6.04. The van der Waals surface area contributed by atoms with Gasteiger partial charge in [-0.1, -0.05) is 5.16 Å². The maximum absolute atomic E-state index is 13.1. The maximum atomic E-state index is 13.1. The molecule has 0 atom stereocenters. The van der Waals surface area contributed by atoms with E-state index in [4.69, 9.17) is 9.57 Å². The van der Waals surface area contributed by atoms with Crippen molar-refractivity contribution in [2.75, 3.05) is 43.1 Å². The SMILES string of the molecule is O=C(CO/N=C/c1ccc(OC(F)F)cc1)Nc1cc(C(F)(F)F)ccc1N1CCOCC1. The summed E-state index contributed by atoms with van der Waals surface area (Å²) in [5.74, 6) is -0.735. The lowest BCUT2D eigenvalue weighted by Crippen LogP contribution is -2.37. The predicted molar refractivity (Wildman–Crippen MR) is 110 cm³/mol. The summed E-state index contributed by atoms with van der Waals surface area (Å²) in [4.78, 5) is 19.0. The zero-order valence-electron chi connectivity index (χ0n) is 17.1. The van der Waals surface area contributed by atoms with E-state index in [2.05, 4.69) is 15.2 Å². The van der Waals surface area contributed by atoms with Crippen molar-refractivity contribution in [3.8, 4) is 5.75 Å². The molecule has 2 aromatic carbocycles. The van der Waals surface area contributed by atoms with E-state index in [1.807, 2.05) is 4.90 Å². The van der Waals surface area contributed by atoms with Crippen LogP contribution in [0.1, 0.15) is 11.1 Å². The van der Waals surface area contributed by atoms with Crippen LogP contribution in [-0.2, 0) is 20.5 Å². The topological polar surface area (TPSA) is 72.4 Å². The van der Waals surface area contributed by atoms with Crippen LogP contribution < -0.4 is 15.0 Å². The Morgan fingerprint density at radius 3 is 2.48 bits per heavy atom. The van der Waals surface area contributed by atoms with Crippen LogP contribution in [0.4, 0.5) is 33.3 Å². The number of benzene rings is 2. The Kier molecular flexibility index (Phi) is 8.04. The maximum Gasteiger partial charge on any atom is 0.416 e. The number of ether oxygens (including phenoxy) is 2. The molecule has 0 bridgehead atoms. The number of carbonyl (C=O) groups excluding carboxylic acids is 1. The first-order valence-corrected chi connectivity index (χ1v) is 9.76. The van der Waals surface area contributed by atoms with E-state index in [1.54, 1.807) is 0 Å². The fourth-order valence-corrected chi connectivity index (χ4v) is 3.01. The van der Waals surface area contributed by atoms with Crippen molar-refractivity contribution in [3.05, 3.63) is 53.6 Å². The number of anilines is 2. The molecule has 0 saturated carbocycles. The van der Waals surface area contributed by atoms with E-state index in [0.717, 1.165) is 12.1 Å². The minimum absolute atomic E-state index is 0.000997. The summed E-state index contributed by atoms with van der Waals surface area (Å²) < 4.78 is 73.2. The third kappa shape index (κ3) is 7.31. The van der Waals surface area contributed by atoms with Gasteiger partial charge in [-0.2, -0.15) is 22.0 Å². The molecule has 1 heterocycles. The first-order valence-electron chi connectivity index (χ1n) is 9.76. The number of hydrogen-bond acceptors (Lipinski definition) is 6. The number of nitrogens with zero attached hydrogens (tertiary/aromatic N) is 2. The van der Waals surface area contributed by atoms with Crippen LogP contribution in [0, 0.1) is 0 Å². The van der Waals surface area contributed by atoms with Gasteiger partial charge in [0.15, 0.2) is 6.61 Å². The second kappa shape index (κ2) is 10.9. The average molecular weight is 473 g/mol. The molecule has 12 heteroatoms. The monoisotopic (exact) mass is 473 g/mol. The summed E-state index contributed by atoms with van der Waals surface area (Å²) in [6.45, 7) is -1.72. The van der Waals surface area contributed by atoms with Gasteiger partial charge in [-0.15, -0.1) is 0 Å². The van der Waals surface area contributed by atoms with Gasteiger partial charge in [0.1, 0.15) is 5.75 Å². The molecule has 1 fully saturated rings. The largest absolute Gasteiger partial charge is 0.435 e. The zero-order valence-corrected chi connectivity index (χ0v) is 17.1. The van der Waals surface area contributed by atoms with Gasteiger partial charge in [0.05, 0.1) is 36.4 Å². The highest BCUT2D eigenvalue weighted by atomic mass is 19.4. The van der Waals surface area contributed by atoms with Gasteiger partial charge in [0.25, 0.3) is 5.91 Å². The fourth-order valence-electron chi connectivity index (χ4n) is 3.01. The number of halogens is 5. The molecule has 178 valence electrons. The summed E-state index contributed by atoms with van der Waals surface area (Å²) in [7, 11) is 0. The number of oxime groups is 1. The molecule has 3 rings (SSSR count).